The number of hydrogen-bond donors (Lipinski definition) is 1. The molecule has 24 heavy (non-hydrogen) atoms. The monoisotopic (exact) mass is 339 g/mol. The predicted octanol–water partition coefficient (Wildman–Crippen LogP) is 1.70. The highest BCUT2D eigenvalue weighted by Gasteiger charge is 2.47. The lowest BCUT2D eigenvalue weighted by Crippen LogP contribution is -2.49. The average molecular weight is 339 g/mol. The van der Waals surface area contributed by atoms with Crippen LogP contribution in [-0.4, -0.2) is 70.0 Å². The number of pyridine rings is 1. The van der Waals surface area contributed by atoms with Gasteiger partial charge in [-0.2, -0.15) is 0 Å². The lowest BCUT2D eigenvalue weighted by Gasteiger charge is -2.38. The Labute approximate surface area is 140 Å². The minimum atomic E-state index is -2.73. The van der Waals surface area contributed by atoms with E-state index in [2.05, 4.69) is 4.98 Å². The number of aliphatic hydroxyl groups excluding tert-OH is 1. The summed E-state index contributed by atoms with van der Waals surface area (Å²) in [6, 6.07) is 3.09. The highest BCUT2D eigenvalue weighted by molar-refractivity contribution is 5.94. The van der Waals surface area contributed by atoms with Crippen LogP contribution in [0.15, 0.2) is 18.3 Å². The first-order chi connectivity index (χ1) is 11.4. The van der Waals surface area contributed by atoms with E-state index in [1.165, 1.54) is 0 Å². The summed E-state index contributed by atoms with van der Waals surface area (Å²) in [5.74, 6) is -2.79. The Kier molecular flexibility index (Phi) is 4.83. The molecule has 1 atom stereocenters. The fourth-order valence-corrected chi connectivity index (χ4v) is 3.70. The van der Waals surface area contributed by atoms with Crippen molar-refractivity contribution in [3.8, 4) is 0 Å². The topological polar surface area (TPSA) is 56.7 Å². The van der Waals surface area contributed by atoms with E-state index in [-0.39, 0.29) is 31.5 Å². The summed E-state index contributed by atoms with van der Waals surface area (Å²) >= 11 is 0. The third-order valence-corrected chi connectivity index (χ3v) is 5.01. The first-order valence-corrected chi connectivity index (χ1v) is 8.36. The Morgan fingerprint density at radius 3 is 2.67 bits per heavy atom. The molecule has 0 aromatic carbocycles. The summed E-state index contributed by atoms with van der Waals surface area (Å²) in [5, 5.41) is 9.36. The first kappa shape index (κ1) is 17.2. The van der Waals surface area contributed by atoms with Crippen LogP contribution in [0.2, 0.25) is 0 Å². The van der Waals surface area contributed by atoms with Gasteiger partial charge in [-0.25, -0.2) is 8.78 Å². The van der Waals surface area contributed by atoms with Crippen LogP contribution in [-0.2, 0) is 0 Å². The number of rotatable bonds is 3. The molecular formula is C17H23F2N3O2. The van der Waals surface area contributed by atoms with Crippen LogP contribution in [0.5, 0.6) is 0 Å². The van der Waals surface area contributed by atoms with Gasteiger partial charge in [-0.15, -0.1) is 0 Å². The summed E-state index contributed by atoms with van der Waals surface area (Å²) < 4.78 is 27.2. The SMILES string of the molecule is Cc1ccc(C(=O)N2CCC(N3CC(F)(F)C[C@H]3CO)CC2)cn1. The number of carbonyl (C=O) groups is 1. The third kappa shape index (κ3) is 3.57. The zero-order valence-electron chi connectivity index (χ0n) is 13.8. The van der Waals surface area contributed by atoms with Crippen molar-refractivity contribution in [1.29, 1.82) is 0 Å². The molecule has 3 heterocycles. The number of carbonyl (C=O) groups excluding carboxylic acids is 1. The summed E-state index contributed by atoms with van der Waals surface area (Å²) in [6.45, 7) is 2.40. The largest absolute Gasteiger partial charge is 0.395 e. The second kappa shape index (κ2) is 6.72. The number of alkyl halides is 2. The van der Waals surface area contributed by atoms with E-state index in [0.717, 1.165) is 5.69 Å². The van der Waals surface area contributed by atoms with E-state index in [4.69, 9.17) is 0 Å². The zero-order valence-corrected chi connectivity index (χ0v) is 13.8. The number of piperidine rings is 1. The standard InChI is InChI=1S/C17H23F2N3O2/c1-12-2-3-13(9-20-12)16(24)21-6-4-14(5-7-21)22-11-17(18,19)8-15(22)10-23/h2-3,9,14-15,23H,4-8,10-11H2,1H3/t15-/m0/s1. The Hall–Kier alpha value is -1.60. The molecule has 1 aromatic heterocycles. The molecule has 0 spiro atoms. The zero-order chi connectivity index (χ0) is 17.3. The fraction of sp³-hybridized carbons (Fsp3) is 0.647. The van der Waals surface area contributed by atoms with Gasteiger partial charge < -0.3 is 10.0 Å². The van der Waals surface area contributed by atoms with Crippen LogP contribution in [0, 0.1) is 6.92 Å². The van der Waals surface area contributed by atoms with Crippen molar-refractivity contribution in [2.45, 2.75) is 44.2 Å². The maximum Gasteiger partial charge on any atom is 0.262 e. The van der Waals surface area contributed by atoms with Crippen molar-refractivity contribution in [3.63, 3.8) is 0 Å². The Bertz CT molecular complexity index is 586. The van der Waals surface area contributed by atoms with Gasteiger partial charge in [-0.05, 0) is 31.9 Å². The van der Waals surface area contributed by atoms with Gasteiger partial charge in [-0.3, -0.25) is 14.7 Å². The normalized spacial score (nSPS) is 25.2. The van der Waals surface area contributed by atoms with Crippen LogP contribution in [0.4, 0.5) is 8.78 Å². The van der Waals surface area contributed by atoms with Crippen molar-refractivity contribution in [2.24, 2.45) is 0 Å². The van der Waals surface area contributed by atoms with Gasteiger partial charge in [0.15, 0.2) is 0 Å². The van der Waals surface area contributed by atoms with Crippen molar-refractivity contribution < 1.29 is 18.7 Å². The van der Waals surface area contributed by atoms with E-state index in [1.54, 1.807) is 28.1 Å². The Balaban J connectivity index is 1.59. The number of hydrogen-bond acceptors (Lipinski definition) is 4. The molecule has 0 radical (unpaired) electrons. The minimum absolute atomic E-state index is 0.00396. The first-order valence-electron chi connectivity index (χ1n) is 8.36. The summed E-state index contributed by atoms with van der Waals surface area (Å²) in [7, 11) is 0. The van der Waals surface area contributed by atoms with Crippen LogP contribution >= 0.6 is 0 Å². The molecule has 1 aromatic rings. The lowest BCUT2D eigenvalue weighted by molar-refractivity contribution is 0.00296. The molecule has 1 N–H and O–H groups in total. The smallest absolute Gasteiger partial charge is 0.262 e. The van der Waals surface area contributed by atoms with Gasteiger partial charge in [-0.1, -0.05) is 0 Å². The van der Waals surface area contributed by atoms with E-state index >= 15 is 0 Å². The van der Waals surface area contributed by atoms with Crippen LogP contribution < -0.4 is 0 Å². The van der Waals surface area contributed by atoms with Gasteiger partial charge in [0.2, 0.25) is 0 Å². The Morgan fingerprint density at radius 1 is 1.38 bits per heavy atom. The van der Waals surface area contributed by atoms with E-state index < -0.39 is 12.0 Å². The fourth-order valence-electron chi connectivity index (χ4n) is 3.70. The number of aryl methyl sites for hydroxylation is 1. The minimum Gasteiger partial charge on any atom is -0.395 e. The predicted molar refractivity (Wildman–Crippen MR) is 85.0 cm³/mol. The molecule has 1 amide bonds. The molecule has 0 unspecified atom stereocenters. The van der Waals surface area contributed by atoms with Gasteiger partial charge in [0.25, 0.3) is 11.8 Å². The van der Waals surface area contributed by atoms with Gasteiger partial charge in [0.05, 0.1) is 18.7 Å². The molecule has 2 saturated heterocycles. The molecule has 7 heteroatoms. The molecule has 5 nitrogen and oxygen atoms in total. The molecule has 3 rings (SSSR count). The number of amides is 1. The van der Waals surface area contributed by atoms with Gasteiger partial charge in [0, 0.05) is 43.5 Å². The number of aliphatic hydroxyl groups is 1. The van der Waals surface area contributed by atoms with Gasteiger partial charge in [0.1, 0.15) is 0 Å². The number of nitrogens with zero attached hydrogens (tertiary/aromatic N) is 3. The summed E-state index contributed by atoms with van der Waals surface area (Å²) in [5.41, 5.74) is 1.41. The van der Waals surface area contributed by atoms with E-state index in [0.29, 0.717) is 31.5 Å². The number of halogens is 2. The Morgan fingerprint density at radius 2 is 2.08 bits per heavy atom. The third-order valence-electron chi connectivity index (χ3n) is 5.01. The molecule has 0 bridgehead atoms. The summed E-state index contributed by atoms with van der Waals surface area (Å²) in [4.78, 5) is 20.1. The highest BCUT2D eigenvalue weighted by Crippen LogP contribution is 2.35. The maximum absolute atomic E-state index is 13.6. The quantitative estimate of drug-likeness (QED) is 0.911. The molecule has 2 fully saturated rings. The highest BCUT2D eigenvalue weighted by atomic mass is 19.3. The van der Waals surface area contributed by atoms with E-state index in [1.807, 2.05) is 6.92 Å². The molecule has 132 valence electrons. The average Bonchev–Trinajstić information content (AvgIpc) is 2.90. The molecule has 0 aliphatic carbocycles. The van der Waals surface area contributed by atoms with Crippen LogP contribution in [0.25, 0.3) is 0 Å². The number of aromatic nitrogens is 1. The van der Waals surface area contributed by atoms with Crippen LogP contribution in [0.1, 0.15) is 35.3 Å². The molecule has 2 aliphatic rings. The second-order valence-electron chi connectivity index (χ2n) is 6.78. The van der Waals surface area contributed by atoms with Gasteiger partial charge >= 0.3 is 0 Å². The van der Waals surface area contributed by atoms with Crippen molar-refractivity contribution in [2.75, 3.05) is 26.2 Å². The van der Waals surface area contributed by atoms with Crippen molar-refractivity contribution in [1.82, 2.24) is 14.8 Å². The maximum atomic E-state index is 13.6. The lowest BCUT2D eigenvalue weighted by atomic mass is 10.0. The molecular weight excluding hydrogens is 316 g/mol. The summed E-state index contributed by atoms with van der Waals surface area (Å²) in [6.07, 6.45) is 2.60. The number of likely N-dealkylation sites (tertiary alicyclic amines) is 2. The molecule has 0 saturated carbocycles. The van der Waals surface area contributed by atoms with Crippen molar-refractivity contribution in [3.05, 3.63) is 29.6 Å². The second-order valence-corrected chi connectivity index (χ2v) is 6.78. The van der Waals surface area contributed by atoms with Crippen molar-refractivity contribution >= 4 is 5.91 Å². The van der Waals surface area contributed by atoms with E-state index in [9.17, 15) is 18.7 Å². The van der Waals surface area contributed by atoms with Crippen LogP contribution in [0.3, 0.4) is 0 Å². The molecule has 2 aliphatic heterocycles.